The van der Waals surface area contributed by atoms with Gasteiger partial charge in [0.15, 0.2) is 0 Å². The fraction of sp³-hybridized carbons (Fsp3) is 0.333. The van der Waals surface area contributed by atoms with E-state index >= 15 is 0 Å². The summed E-state index contributed by atoms with van der Waals surface area (Å²) in [6.45, 7) is 8.57. The van der Waals surface area contributed by atoms with Crippen LogP contribution < -0.4 is 9.47 Å². The number of hydrogen-bond acceptors (Lipinski definition) is 6. The van der Waals surface area contributed by atoms with Crippen LogP contribution in [-0.4, -0.2) is 56.9 Å². The van der Waals surface area contributed by atoms with E-state index < -0.39 is 47.4 Å². The molecule has 52 heavy (non-hydrogen) atoms. The van der Waals surface area contributed by atoms with Crippen LogP contribution in [0, 0.1) is 37.5 Å². The second-order valence-corrected chi connectivity index (χ2v) is 13.3. The van der Waals surface area contributed by atoms with E-state index in [9.17, 15) is 29.4 Å². The lowest BCUT2D eigenvalue weighted by Gasteiger charge is -2.48. The maximum atomic E-state index is 14.1. The number of amides is 2. The number of rotatable bonds is 16. The predicted octanol–water partition coefficient (Wildman–Crippen LogP) is 7.71. The van der Waals surface area contributed by atoms with Crippen molar-refractivity contribution < 1.29 is 38.9 Å². The highest BCUT2D eigenvalue weighted by Crippen LogP contribution is 2.49. The zero-order valence-corrected chi connectivity index (χ0v) is 30.0. The summed E-state index contributed by atoms with van der Waals surface area (Å²) in [7, 11) is 0. The van der Waals surface area contributed by atoms with Gasteiger partial charge in [-0.25, -0.2) is 0 Å². The Balaban J connectivity index is 1.31. The molecule has 1 fully saturated rings. The molecular formula is C42H46N2O8. The monoisotopic (exact) mass is 706 g/mol. The van der Waals surface area contributed by atoms with Crippen molar-refractivity contribution in [2.24, 2.45) is 23.7 Å². The minimum absolute atomic E-state index is 0.149. The number of carbonyl (C=O) groups excluding carboxylic acids is 2. The molecule has 2 amide bonds. The van der Waals surface area contributed by atoms with Gasteiger partial charge in [-0.05, 0) is 85.3 Å². The molecule has 10 nitrogen and oxygen atoms in total. The summed E-state index contributed by atoms with van der Waals surface area (Å²) in [6, 6.07) is 29.8. The van der Waals surface area contributed by atoms with Crippen LogP contribution in [0.2, 0.25) is 0 Å². The van der Waals surface area contributed by atoms with Gasteiger partial charge < -0.3 is 29.5 Å². The Labute approximate surface area is 304 Å². The van der Waals surface area contributed by atoms with Crippen LogP contribution in [0.25, 0.3) is 0 Å². The average molecular weight is 707 g/mol. The molecule has 1 aliphatic carbocycles. The van der Waals surface area contributed by atoms with Crippen LogP contribution >= 0.6 is 0 Å². The lowest BCUT2D eigenvalue weighted by atomic mass is 9.55. The molecule has 5 rings (SSSR count). The molecule has 1 saturated carbocycles. The van der Waals surface area contributed by atoms with E-state index in [1.165, 1.54) is 9.80 Å². The first-order valence-electron chi connectivity index (χ1n) is 17.7. The van der Waals surface area contributed by atoms with Gasteiger partial charge in [0.1, 0.15) is 23.0 Å². The predicted molar refractivity (Wildman–Crippen MR) is 196 cm³/mol. The maximum Gasteiger partial charge on any atom is 0.308 e. The standard InChI is InChI=1S/C42H46N2O8/c1-5-23-43(25-29-15-19-31(20-16-29)51-33-13-9-7-11-27(33)3)39(45)35-37(41(47)48)36(38(35)42(49)50)40(46)44(24-6-2)26-30-17-21-32(22-18-30)52-34-14-10-8-12-28(34)4/h7-22,35-38H,5-6,23-26H2,1-4H3,(H,47,48)(H,49,50). The molecule has 0 radical (unpaired) electrons. The molecule has 1 aliphatic rings. The number of aryl methyl sites for hydroxylation is 2. The Bertz CT molecular complexity index is 1730. The number of aliphatic carboxylic acids is 2. The second kappa shape index (κ2) is 17.0. The number of benzene rings is 4. The minimum atomic E-state index is -1.48. The van der Waals surface area contributed by atoms with E-state index in [1.54, 1.807) is 24.3 Å². The van der Waals surface area contributed by atoms with Crippen LogP contribution in [0.4, 0.5) is 0 Å². The molecule has 0 unspecified atom stereocenters. The van der Waals surface area contributed by atoms with Gasteiger partial charge in [-0.2, -0.15) is 0 Å². The Kier molecular flexibility index (Phi) is 12.3. The summed E-state index contributed by atoms with van der Waals surface area (Å²) in [5, 5.41) is 20.7. The molecular weight excluding hydrogens is 660 g/mol. The summed E-state index contributed by atoms with van der Waals surface area (Å²) >= 11 is 0. The number of carbonyl (C=O) groups is 4. The van der Waals surface area contributed by atoms with Crippen molar-refractivity contribution in [2.75, 3.05) is 13.1 Å². The molecule has 4 aromatic carbocycles. The number of ether oxygens (including phenoxy) is 2. The zero-order chi connectivity index (χ0) is 37.4. The smallest absolute Gasteiger partial charge is 0.308 e. The summed E-state index contributed by atoms with van der Waals surface area (Å²) in [4.78, 5) is 56.6. The van der Waals surface area contributed by atoms with Gasteiger partial charge in [0.25, 0.3) is 0 Å². The number of para-hydroxylation sites is 2. The van der Waals surface area contributed by atoms with Crippen LogP contribution in [0.15, 0.2) is 97.1 Å². The summed E-state index contributed by atoms with van der Waals surface area (Å²) in [5.41, 5.74) is 3.52. The highest BCUT2D eigenvalue weighted by atomic mass is 16.5. The van der Waals surface area contributed by atoms with Crippen molar-refractivity contribution in [3.63, 3.8) is 0 Å². The lowest BCUT2D eigenvalue weighted by molar-refractivity contribution is -0.187. The molecule has 272 valence electrons. The Hall–Kier alpha value is -5.64. The molecule has 0 saturated heterocycles. The van der Waals surface area contributed by atoms with E-state index in [-0.39, 0.29) is 13.1 Å². The first kappa shape index (κ1) is 37.6. The third-order valence-electron chi connectivity index (χ3n) is 9.53. The van der Waals surface area contributed by atoms with Crippen LogP contribution in [-0.2, 0) is 32.3 Å². The van der Waals surface area contributed by atoms with Gasteiger partial charge in [-0.3, -0.25) is 19.2 Å². The number of carboxylic acids is 2. The highest BCUT2D eigenvalue weighted by molar-refractivity contribution is 5.99. The first-order chi connectivity index (χ1) is 25.0. The normalized spacial score (nSPS) is 17.8. The van der Waals surface area contributed by atoms with Gasteiger partial charge in [0.05, 0.1) is 23.7 Å². The SMILES string of the molecule is CCCN(Cc1ccc(Oc2ccccc2C)cc1)C(=O)C1C(C(=O)O)C(C(=O)N(CCC)Cc2ccc(Oc3ccccc3C)cc2)C1C(=O)O. The summed E-state index contributed by atoms with van der Waals surface area (Å²) in [5.74, 6) is -6.94. The molecule has 10 heteroatoms. The lowest BCUT2D eigenvalue weighted by Crippen LogP contribution is -2.64. The van der Waals surface area contributed by atoms with E-state index in [0.29, 0.717) is 37.4 Å². The largest absolute Gasteiger partial charge is 0.481 e. The van der Waals surface area contributed by atoms with E-state index in [0.717, 1.165) is 33.8 Å². The van der Waals surface area contributed by atoms with Crippen molar-refractivity contribution in [2.45, 2.75) is 53.6 Å². The van der Waals surface area contributed by atoms with E-state index in [1.807, 2.05) is 100 Å². The second-order valence-electron chi connectivity index (χ2n) is 13.3. The third-order valence-corrected chi connectivity index (χ3v) is 9.53. The van der Waals surface area contributed by atoms with Gasteiger partial charge in [-0.15, -0.1) is 0 Å². The average Bonchev–Trinajstić information content (AvgIpc) is 3.10. The van der Waals surface area contributed by atoms with Crippen molar-refractivity contribution in [3.8, 4) is 23.0 Å². The molecule has 0 atom stereocenters. The van der Waals surface area contributed by atoms with Crippen LogP contribution in [0.1, 0.15) is 48.9 Å². The molecule has 0 spiro atoms. The minimum Gasteiger partial charge on any atom is -0.481 e. The highest BCUT2D eigenvalue weighted by Gasteiger charge is 2.64. The Morgan fingerprint density at radius 1 is 0.538 bits per heavy atom. The Morgan fingerprint density at radius 2 is 0.885 bits per heavy atom. The van der Waals surface area contributed by atoms with Gasteiger partial charge in [-0.1, -0.05) is 74.5 Å². The number of carboxylic acid groups (broad SMARTS) is 2. The van der Waals surface area contributed by atoms with Gasteiger partial charge in [0, 0.05) is 26.2 Å². The first-order valence-corrected chi connectivity index (χ1v) is 17.7. The summed E-state index contributed by atoms with van der Waals surface area (Å²) in [6.07, 6.45) is 1.15. The van der Waals surface area contributed by atoms with Crippen LogP contribution in [0.5, 0.6) is 23.0 Å². The van der Waals surface area contributed by atoms with E-state index in [4.69, 9.17) is 9.47 Å². The number of hydrogen-bond donors (Lipinski definition) is 2. The molecule has 2 N–H and O–H groups in total. The quantitative estimate of drug-likeness (QED) is 0.121. The Morgan fingerprint density at radius 3 is 1.19 bits per heavy atom. The molecule has 0 bridgehead atoms. The third kappa shape index (κ3) is 8.62. The van der Waals surface area contributed by atoms with Crippen molar-refractivity contribution in [1.82, 2.24) is 9.80 Å². The van der Waals surface area contributed by atoms with Crippen molar-refractivity contribution >= 4 is 23.8 Å². The van der Waals surface area contributed by atoms with Crippen LogP contribution in [0.3, 0.4) is 0 Å². The number of nitrogens with zero attached hydrogens (tertiary/aromatic N) is 2. The van der Waals surface area contributed by atoms with Crippen molar-refractivity contribution in [1.29, 1.82) is 0 Å². The molecule has 0 aliphatic heterocycles. The van der Waals surface area contributed by atoms with Gasteiger partial charge in [0.2, 0.25) is 11.8 Å². The van der Waals surface area contributed by atoms with E-state index in [2.05, 4.69) is 0 Å². The fourth-order valence-electron chi connectivity index (χ4n) is 6.84. The molecule has 0 heterocycles. The van der Waals surface area contributed by atoms with Gasteiger partial charge >= 0.3 is 11.9 Å². The summed E-state index contributed by atoms with van der Waals surface area (Å²) < 4.78 is 12.0. The van der Waals surface area contributed by atoms with Crippen molar-refractivity contribution in [3.05, 3.63) is 119 Å². The molecule has 0 aromatic heterocycles. The fourth-order valence-corrected chi connectivity index (χ4v) is 6.84. The molecule has 4 aromatic rings. The zero-order valence-electron chi connectivity index (χ0n) is 30.0. The topological polar surface area (TPSA) is 134 Å². The maximum absolute atomic E-state index is 14.1.